The number of aryl methyl sites for hydroxylation is 2. The smallest absolute Gasteiger partial charge is 0.229 e. The van der Waals surface area contributed by atoms with Crippen LogP contribution in [0.5, 0.6) is 0 Å². The van der Waals surface area contributed by atoms with Gasteiger partial charge in [0.05, 0.1) is 16.4 Å². The highest BCUT2D eigenvalue weighted by atomic mass is 32.2. The van der Waals surface area contributed by atoms with Crippen molar-refractivity contribution < 1.29 is 16.8 Å². The van der Waals surface area contributed by atoms with Crippen molar-refractivity contribution >= 4 is 19.9 Å². The van der Waals surface area contributed by atoms with Gasteiger partial charge in [0.15, 0.2) is 9.84 Å². The molecule has 0 bridgehead atoms. The van der Waals surface area contributed by atoms with Crippen molar-refractivity contribution in [3.63, 3.8) is 0 Å². The number of hydrogen-bond donors (Lipinski definition) is 0. The van der Waals surface area contributed by atoms with Crippen LogP contribution in [0.3, 0.4) is 0 Å². The van der Waals surface area contributed by atoms with Gasteiger partial charge in [0.1, 0.15) is 0 Å². The number of sulfonamides is 1. The Morgan fingerprint density at radius 1 is 1.26 bits per heavy atom. The SMILES string of the molecule is Cc1ccc(S(=O)(=O)N(CC(C)C)[C@H]2CCS(=O)(=O)C2)c(C)c1. The predicted molar refractivity (Wildman–Crippen MR) is 91.7 cm³/mol. The molecule has 0 amide bonds. The van der Waals surface area contributed by atoms with Crippen LogP contribution in [0, 0.1) is 19.8 Å². The summed E-state index contributed by atoms with van der Waals surface area (Å²) in [5.74, 6) is 0.109. The normalized spacial score (nSPS) is 21.2. The van der Waals surface area contributed by atoms with Crippen molar-refractivity contribution in [1.82, 2.24) is 4.31 Å². The van der Waals surface area contributed by atoms with E-state index in [-0.39, 0.29) is 22.3 Å². The monoisotopic (exact) mass is 359 g/mol. The van der Waals surface area contributed by atoms with E-state index < -0.39 is 25.9 Å². The standard InChI is InChI=1S/C16H25NO4S2/c1-12(2)10-17(15-7-8-22(18,19)11-15)23(20,21)16-6-5-13(3)9-14(16)4/h5-6,9,12,15H,7-8,10-11H2,1-4H3/t15-/m0/s1. The lowest BCUT2D eigenvalue weighted by Crippen LogP contribution is -2.43. The van der Waals surface area contributed by atoms with E-state index in [9.17, 15) is 16.8 Å². The molecule has 0 saturated carbocycles. The summed E-state index contributed by atoms with van der Waals surface area (Å²) in [7, 11) is -6.85. The minimum Gasteiger partial charge on any atom is -0.229 e. The molecule has 2 rings (SSSR count). The summed E-state index contributed by atoms with van der Waals surface area (Å²) < 4.78 is 51.2. The van der Waals surface area contributed by atoms with Crippen LogP contribution in [-0.2, 0) is 19.9 Å². The molecule has 7 heteroatoms. The van der Waals surface area contributed by atoms with E-state index in [2.05, 4.69) is 0 Å². The second-order valence-electron chi connectivity index (χ2n) is 6.79. The van der Waals surface area contributed by atoms with Crippen molar-refractivity contribution in [3.8, 4) is 0 Å². The topological polar surface area (TPSA) is 71.5 Å². The maximum Gasteiger partial charge on any atom is 0.243 e. The van der Waals surface area contributed by atoms with E-state index in [1.54, 1.807) is 19.1 Å². The molecule has 23 heavy (non-hydrogen) atoms. The first-order valence-corrected chi connectivity index (χ1v) is 11.1. The zero-order valence-electron chi connectivity index (χ0n) is 14.1. The fourth-order valence-electron chi connectivity index (χ4n) is 3.02. The molecule has 0 spiro atoms. The van der Waals surface area contributed by atoms with Crippen LogP contribution in [0.1, 0.15) is 31.4 Å². The van der Waals surface area contributed by atoms with Crippen molar-refractivity contribution in [3.05, 3.63) is 29.3 Å². The number of hydrogen-bond acceptors (Lipinski definition) is 4. The van der Waals surface area contributed by atoms with Crippen molar-refractivity contribution in [1.29, 1.82) is 0 Å². The third-order valence-electron chi connectivity index (χ3n) is 4.08. The second kappa shape index (κ2) is 6.53. The first-order valence-electron chi connectivity index (χ1n) is 7.82. The highest BCUT2D eigenvalue weighted by Crippen LogP contribution is 2.28. The molecule has 1 aromatic carbocycles. The van der Waals surface area contributed by atoms with Gasteiger partial charge in [0.2, 0.25) is 10.0 Å². The van der Waals surface area contributed by atoms with Crippen molar-refractivity contribution in [2.24, 2.45) is 5.92 Å². The van der Waals surface area contributed by atoms with Gasteiger partial charge in [-0.3, -0.25) is 0 Å². The summed E-state index contributed by atoms with van der Waals surface area (Å²) in [6.45, 7) is 7.90. The molecule has 1 heterocycles. The Morgan fingerprint density at radius 3 is 2.39 bits per heavy atom. The van der Waals surface area contributed by atoms with Gasteiger partial charge in [-0.25, -0.2) is 16.8 Å². The number of benzene rings is 1. The maximum absolute atomic E-state index is 13.1. The molecule has 1 atom stereocenters. The Hall–Kier alpha value is -0.920. The number of rotatable bonds is 5. The molecule has 0 unspecified atom stereocenters. The summed E-state index contributed by atoms with van der Waals surface area (Å²) in [5, 5.41) is 0. The first-order chi connectivity index (χ1) is 10.5. The Kier molecular flexibility index (Phi) is 5.23. The molecule has 1 aliphatic heterocycles. The molecule has 0 aromatic heterocycles. The summed E-state index contributed by atoms with van der Waals surface area (Å²) in [6.07, 6.45) is 0.374. The van der Waals surface area contributed by atoms with Gasteiger partial charge in [0.25, 0.3) is 0 Å². The summed E-state index contributed by atoms with van der Waals surface area (Å²) in [5.41, 5.74) is 1.69. The fourth-order valence-corrected chi connectivity index (χ4v) is 6.87. The van der Waals surface area contributed by atoms with Gasteiger partial charge in [-0.1, -0.05) is 31.5 Å². The molecular weight excluding hydrogens is 334 g/mol. The van der Waals surface area contributed by atoms with Crippen molar-refractivity contribution in [2.45, 2.75) is 45.1 Å². The van der Waals surface area contributed by atoms with Gasteiger partial charge in [-0.2, -0.15) is 4.31 Å². The van der Waals surface area contributed by atoms with Crippen LogP contribution in [0.2, 0.25) is 0 Å². The lowest BCUT2D eigenvalue weighted by molar-refractivity contribution is 0.307. The van der Waals surface area contributed by atoms with Crippen LogP contribution in [0.4, 0.5) is 0 Å². The minimum absolute atomic E-state index is 0.0641. The third-order valence-corrected chi connectivity index (χ3v) is 7.91. The maximum atomic E-state index is 13.1. The van der Waals surface area contributed by atoms with E-state index in [4.69, 9.17) is 0 Å². The molecule has 0 radical (unpaired) electrons. The molecule has 5 nitrogen and oxygen atoms in total. The highest BCUT2D eigenvalue weighted by Gasteiger charge is 2.39. The minimum atomic E-state index is -3.71. The molecule has 0 N–H and O–H groups in total. The zero-order chi connectivity index (χ0) is 17.4. The average Bonchev–Trinajstić information content (AvgIpc) is 2.75. The average molecular weight is 360 g/mol. The number of nitrogens with zero attached hydrogens (tertiary/aromatic N) is 1. The fraction of sp³-hybridized carbons (Fsp3) is 0.625. The quantitative estimate of drug-likeness (QED) is 0.807. The Balaban J connectivity index is 2.45. The van der Waals surface area contributed by atoms with Gasteiger partial charge in [-0.15, -0.1) is 0 Å². The number of sulfone groups is 1. The highest BCUT2D eigenvalue weighted by molar-refractivity contribution is 7.92. The summed E-state index contributed by atoms with van der Waals surface area (Å²) in [4.78, 5) is 0.271. The summed E-state index contributed by atoms with van der Waals surface area (Å²) >= 11 is 0. The Morgan fingerprint density at radius 2 is 1.91 bits per heavy atom. The van der Waals surface area contributed by atoms with Gasteiger partial charge in [-0.05, 0) is 37.8 Å². The van der Waals surface area contributed by atoms with E-state index in [0.717, 1.165) is 5.56 Å². The largest absolute Gasteiger partial charge is 0.243 e. The van der Waals surface area contributed by atoms with Crippen LogP contribution >= 0.6 is 0 Å². The van der Waals surface area contributed by atoms with Crippen LogP contribution in [-0.4, -0.2) is 45.2 Å². The molecule has 130 valence electrons. The Labute approximate surface area is 139 Å². The van der Waals surface area contributed by atoms with E-state index in [0.29, 0.717) is 18.5 Å². The molecule has 1 fully saturated rings. The third kappa shape index (κ3) is 4.14. The van der Waals surface area contributed by atoms with Gasteiger partial charge < -0.3 is 0 Å². The molecule has 0 aliphatic carbocycles. The van der Waals surface area contributed by atoms with Crippen LogP contribution in [0.25, 0.3) is 0 Å². The second-order valence-corrected chi connectivity index (χ2v) is 10.9. The molecule has 1 aliphatic rings. The Bertz CT molecular complexity index is 782. The van der Waals surface area contributed by atoms with Crippen LogP contribution in [0.15, 0.2) is 23.1 Å². The molecule has 1 aromatic rings. The van der Waals surface area contributed by atoms with Gasteiger partial charge in [0, 0.05) is 12.6 Å². The molecular formula is C16H25NO4S2. The van der Waals surface area contributed by atoms with E-state index in [1.165, 1.54) is 4.31 Å². The summed E-state index contributed by atoms with van der Waals surface area (Å²) in [6, 6.07) is 4.77. The van der Waals surface area contributed by atoms with Gasteiger partial charge >= 0.3 is 0 Å². The zero-order valence-corrected chi connectivity index (χ0v) is 15.7. The lowest BCUT2D eigenvalue weighted by atomic mass is 10.2. The van der Waals surface area contributed by atoms with E-state index in [1.807, 2.05) is 26.8 Å². The first kappa shape index (κ1) is 18.4. The van der Waals surface area contributed by atoms with E-state index >= 15 is 0 Å². The predicted octanol–water partition coefficient (Wildman–Crippen LogP) is 2.14. The lowest BCUT2D eigenvalue weighted by Gasteiger charge is -2.29. The van der Waals surface area contributed by atoms with Crippen LogP contribution < -0.4 is 0 Å². The van der Waals surface area contributed by atoms with Crippen molar-refractivity contribution in [2.75, 3.05) is 18.1 Å². The molecule has 1 saturated heterocycles.